The van der Waals surface area contributed by atoms with Gasteiger partial charge in [0.2, 0.25) is 5.91 Å². The monoisotopic (exact) mass is 678 g/mol. The molecule has 1 amide bonds. The van der Waals surface area contributed by atoms with Crippen molar-refractivity contribution < 1.29 is 24.5 Å². The quantitative estimate of drug-likeness (QED) is 0.0348. The number of allylic oxidation sites excluding steroid dienone is 4. The summed E-state index contributed by atoms with van der Waals surface area (Å²) < 4.78 is 5.84. The lowest BCUT2D eigenvalue weighted by atomic mass is 10.0. The average Bonchev–Trinajstić information content (AvgIpc) is 3.07. The first-order chi connectivity index (χ1) is 23.5. The zero-order chi connectivity index (χ0) is 35.3. The van der Waals surface area contributed by atoms with Gasteiger partial charge >= 0.3 is 5.97 Å². The van der Waals surface area contributed by atoms with Crippen LogP contribution in [-0.4, -0.2) is 46.9 Å². The van der Waals surface area contributed by atoms with Crippen LogP contribution in [0.4, 0.5) is 0 Å². The van der Waals surface area contributed by atoms with E-state index in [9.17, 15) is 19.8 Å². The molecule has 0 aromatic carbocycles. The highest BCUT2D eigenvalue weighted by molar-refractivity contribution is 5.77. The van der Waals surface area contributed by atoms with Gasteiger partial charge in [-0.1, -0.05) is 154 Å². The lowest BCUT2D eigenvalue weighted by molar-refractivity contribution is -0.151. The molecule has 6 heteroatoms. The van der Waals surface area contributed by atoms with E-state index in [2.05, 4.69) is 50.4 Å². The first-order valence-electron chi connectivity index (χ1n) is 20.6. The maximum Gasteiger partial charge on any atom is 0.306 e. The minimum absolute atomic E-state index is 0.0649. The fourth-order valence-corrected chi connectivity index (χ4v) is 6.06. The topological polar surface area (TPSA) is 95.9 Å². The summed E-state index contributed by atoms with van der Waals surface area (Å²) in [6.45, 7) is 6.33. The molecular formula is C42H79NO5. The van der Waals surface area contributed by atoms with Crippen LogP contribution in [0.1, 0.15) is 207 Å². The molecule has 0 aliphatic rings. The molecule has 0 aromatic heterocycles. The van der Waals surface area contributed by atoms with Crippen molar-refractivity contribution in [1.82, 2.24) is 5.32 Å². The van der Waals surface area contributed by atoms with Crippen LogP contribution < -0.4 is 5.32 Å². The summed E-state index contributed by atoms with van der Waals surface area (Å²) in [4.78, 5) is 25.7. The van der Waals surface area contributed by atoms with E-state index in [0.29, 0.717) is 19.3 Å². The third-order valence-electron chi connectivity index (χ3n) is 9.23. The molecule has 0 radical (unpaired) electrons. The van der Waals surface area contributed by atoms with Gasteiger partial charge in [-0.05, 0) is 64.2 Å². The number of rotatable bonds is 36. The van der Waals surface area contributed by atoms with Crippen molar-refractivity contribution in [3.63, 3.8) is 0 Å². The van der Waals surface area contributed by atoms with Gasteiger partial charge in [-0.3, -0.25) is 9.59 Å². The summed E-state index contributed by atoms with van der Waals surface area (Å²) in [5, 5.41) is 23.5. The third kappa shape index (κ3) is 31.6. The number of carbonyl (C=O) groups is 2. The van der Waals surface area contributed by atoms with Crippen LogP contribution >= 0.6 is 0 Å². The Balaban J connectivity index is 4.56. The second-order valence-corrected chi connectivity index (χ2v) is 14.0. The maximum absolute atomic E-state index is 13.0. The van der Waals surface area contributed by atoms with Crippen LogP contribution in [0.15, 0.2) is 24.3 Å². The molecule has 0 fully saturated rings. The van der Waals surface area contributed by atoms with Gasteiger partial charge < -0.3 is 20.3 Å². The van der Waals surface area contributed by atoms with Gasteiger partial charge in [-0.15, -0.1) is 0 Å². The molecule has 0 saturated heterocycles. The number of nitrogens with one attached hydrogen (secondary N) is 1. The summed E-state index contributed by atoms with van der Waals surface area (Å²) >= 11 is 0. The van der Waals surface area contributed by atoms with Crippen LogP contribution in [0.5, 0.6) is 0 Å². The van der Waals surface area contributed by atoms with E-state index < -0.39 is 18.2 Å². The Bertz CT molecular complexity index is 767. The number of aliphatic hydroxyl groups excluding tert-OH is 2. The molecular weight excluding hydrogens is 598 g/mol. The van der Waals surface area contributed by atoms with Gasteiger partial charge in [-0.2, -0.15) is 0 Å². The van der Waals surface area contributed by atoms with E-state index in [1.54, 1.807) is 0 Å². The number of aliphatic hydroxyl groups is 2. The van der Waals surface area contributed by atoms with E-state index in [1.807, 2.05) is 0 Å². The molecule has 48 heavy (non-hydrogen) atoms. The highest BCUT2D eigenvalue weighted by atomic mass is 16.5. The summed E-state index contributed by atoms with van der Waals surface area (Å²) in [5.74, 6) is -0.505. The first-order valence-corrected chi connectivity index (χ1v) is 20.6. The van der Waals surface area contributed by atoms with E-state index in [0.717, 1.165) is 83.5 Å². The van der Waals surface area contributed by atoms with Gasteiger partial charge in [0.1, 0.15) is 6.10 Å². The molecule has 3 atom stereocenters. The third-order valence-corrected chi connectivity index (χ3v) is 9.23. The van der Waals surface area contributed by atoms with Gasteiger partial charge in [0, 0.05) is 6.42 Å². The molecule has 0 heterocycles. The Morgan fingerprint density at radius 1 is 0.583 bits per heavy atom. The molecule has 0 saturated carbocycles. The lowest BCUT2D eigenvalue weighted by Crippen LogP contribution is -2.46. The Kier molecular flexibility index (Phi) is 35.3. The molecule has 282 valence electrons. The van der Waals surface area contributed by atoms with Crippen molar-refractivity contribution in [2.45, 2.75) is 225 Å². The van der Waals surface area contributed by atoms with Crippen LogP contribution in [0.25, 0.3) is 0 Å². The first kappa shape index (κ1) is 46.3. The minimum Gasteiger partial charge on any atom is -0.462 e. The van der Waals surface area contributed by atoms with E-state index in [1.165, 1.54) is 77.0 Å². The number of hydrogen-bond donors (Lipinski definition) is 3. The predicted octanol–water partition coefficient (Wildman–Crippen LogP) is 11.2. The van der Waals surface area contributed by atoms with Crippen molar-refractivity contribution in [3.8, 4) is 0 Å². The number of amides is 1. The van der Waals surface area contributed by atoms with Crippen molar-refractivity contribution in [3.05, 3.63) is 24.3 Å². The van der Waals surface area contributed by atoms with Crippen molar-refractivity contribution >= 4 is 11.9 Å². The highest BCUT2D eigenvalue weighted by Gasteiger charge is 2.24. The fraction of sp³-hybridized carbons (Fsp3) is 0.857. The highest BCUT2D eigenvalue weighted by Crippen LogP contribution is 2.17. The second kappa shape index (κ2) is 36.6. The van der Waals surface area contributed by atoms with Crippen LogP contribution in [0, 0.1) is 0 Å². The fourth-order valence-electron chi connectivity index (χ4n) is 6.06. The van der Waals surface area contributed by atoms with Crippen molar-refractivity contribution in [1.29, 1.82) is 0 Å². The molecule has 0 rings (SSSR count). The predicted molar refractivity (Wildman–Crippen MR) is 204 cm³/mol. The minimum atomic E-state index is -0.785. The number of unbranched alkanes of at least 4 members (excludes halogenated alkanes) is 20. The lowest BCUT2D eigenvalue weighted by Gasteiger charge is -2.24. The van der Waals surface area contributed by atoms with E-state index in [4.69, 9.17) is 4.74 Å². The normalized spacial score (nSPS) is 13.7. The number of carbonyl (C=O) groups excluding carboxylic acids is 2. The molecule has 3 unspecified atom stereocenters. The van der Waals surface area contributed by atoms with Gasteiger partial charge in [-0.25, -0.2) is 0 Å². The molecule has 0 bridgehead atoms. The van der Waals surface area contributed by atoms with E-state index >= 15 is 0 Å². The number of ether oxygens (including phenoxy) is 1. The molecule has 0 aromatic rings. The Hall–Kier alpha value is -1.66. The number of hydrogen-bond acceptors (Lipinski definition) is 5. The van der Waals surface area contributed by atoms with Crippen LogP contribution in [-0.2, 0) is 14.3 Å². The summed E-state index contributed by atoms with van der Waals surface area (Å²) in [7, 11) is 0. The SMILES string of the molecule is CCC/C=C\CCCCCC(CC(=O)NC(CO)C(O)CCCCCCCCCCCC)OC(=O)CCCCCCC/C=C\CCCC. The molecule has 3 N–H and O–H groups in total. The molecule has 0 aliphatic heterocycles. The van der Waals surface area contributed by atoms with Gasteiger partial charge in [0.05, 0.1) is 25.2 Å². The van der Waals surface area contributed by atoms with Crippen molar-refractivity contribution in [2.75, 3.05) is 6.61 Å². The molecule has 0 aliphatic carbocycles. The van der Waals surface area contributed by atoms with Crippen LogP contribution in [0.3, 0.4) is 0 Å². The average molecular weight is 678 g/mol. The zero-order valence-electron chi connectivity index (χ0n) is 31.9. The number of esters is 1. The Morgan fingerprint density at radius 3 is 1.65 bits per heavy atom. The molecule has 6 nitrogen and oxygen atoms in total. The van der Waals surface area contributed by atoms with Crippen LogP contribution in [0.2, 0.25) is 0 Å². The smallest absolute Gasteiger partial charge is 0.306 e. The van der Waals surface area contributed by atoms with Gasteiger partial charge in [0.15, 0.2) is 0 Å². The molecule has 0 spiro atoms. The Labute approximate surface area is 297 Å². The summed E-state index contributed by atoms with van der Waals surface area (Å²) in [6, 6.07) is -0.700. The van der Waals surface area contributed by atoms with E-state index in [-0.39, 0.29) is 24.9 Å². The zero-order valence-corrected chi connectivity index (χ0v) is 31.9. The summed E-state index contributed by atoms with van der Waals surface area (Å²) in [6.07, 6.45) is 38.2. The Morgan fingerprint density at radius 2 is 1.06 bits per heavy atom. The largest absolute Gasteiger partial charge is 0.462 e. The summed E-state index contributed by atoms with van der Waals surface area (Å²) in [5.41, 5.74) is 0. The van der Waals surface area contributed by atoms with Crippen molar-refractivity contribution in [2.24, 2.45) is 0 Å². The van der Waals surface area contributed by atoms with Gasteiger partial charge in [0.25, 0.3) is 0 Å². The standard InChI is InChI=1S/C42H79NO5/c1-4-7-10-13-16-19-21-23-26-29-32-35-42(47)48-38(33-30-27-24-18-15-12-9-6-3)36-41(46)43-39(37-44)40(45)34-31-28-25-22-20-17-14-11-8-5-2/h12-13,15-16,38-40,44-45H,4-11,14,17-37H2,1-3H3,(H,43,46)/b15-12-,16-13-. The second-order valence-electron chi connectivity index (χ2n) is 14.0. The maximum atomic E-state index is 13.0.